The molecule has 0 unspecified atom stereocenters. The van der Waals surface area contributed by atoms with Crippen molar-refractivity contribution in [1.82, 2.24) is 0 Å². The molecule has 0 aliphatic heterocycles. The number of rotatable bonds is 8. The highest BCUT2D eigenvalue weighted by Gasteiger charge is 2.25. The maximum absolute atomic E-state index is 12.7. The lowest BCUT2D eigenvalue weighted by molar-refractivity contribution is -0.385. The van der Waals surface area contributed by atoms with Crippen molar-refractivity contribution in [2.75, 3.05) is 32.8 Å². The number of nitro groups is 1. The second-order valence-electron chi connectivity index (χ2n) is 5.82. The molecule has 0 aromatic heterocycles. The zero-order valence-corrected chi connectivity index (χ0v) is 15.7. The van der Waals surface area contributed by atoms with Crippen LogP contribution in [0.15, 0.2) is 30.3 Å². The Morgan fingerprint density at radius 3 is 2.52 bits per heavy atom. The van der Waals surface area contributed by atoms with E-state index in [0.29, 0.717) is 12.3 Å². The molecule has 0 spiro atoms. The van der Waals surface area contributed by atoms with E-state index in [2.05, 4.69) is 5.32 Å². The van der Waals surface area contributed by atoms with E-state index in [-0.39, 0.29) is 29.4 Å². The number of amides is 1. The highest BCUT2D eigenvalue weighted by Crippen LogP contribution is 2.35. The fraction of sp³-hybridized carbons (Fsp3) is 0.316. The van der Waals surface area contributed by atoms with Crippen LogP contribution < -0.4 is 14.8 Å². The minimum atomic E-state index is -0.624. The zero-order valence-electron chi connectivity index (χ0n) is 15.7. The standard InChI is InChI=1S/C19H22N2O6/c1-12-6-5-7-15(13(12)2)20-19(22)14-10-17(26-4)18(27-9-8-25-3)11-16(14)21(23)24/h5-7,10-11H,8-9H2,1-4H3,(H,20,22). The first-order valence-electron chi connectivity index (χ1n) is 8.24. The summed E-state index contributed by atoms with van der Waals surface area (Å²) in [6.45, 7) is 4.29. The van der Waals surface area contributed by atoms with Gasteiger partial charge in [-0.3, -0.25) is 14.9 Å². The molecule has 1 N–H and O–H groups in total. The van der Waals surface area contributed by atoms with Gasteiger partial charge in [0.15, 0.2) is 11.5 Å². The molecule has 2 aromatic rings. The molecule has 0 saturated carbocycles. The van der Waals surface area contributed by atoms with E-state index in [1.54, 1.807) is 12.1 Å². The first-order chi connectivity index (χ1) is 12.9. The summed E-state index contributed by atoms with van der Waals surface area (Å²) in [6, 6.07) is 7.96. The number of methoxy groups -OCH3 is 2. The van der Waals surface area contributed by atoms with E-state index in [0.717, 1.165) is 11.1 Å². The minimum Gasteiger partial charge on any atom is -0.493 e. The van der Waals surface area contributed by atoms with Crippen molar-refractivity contribution in [3.63, 3.8) is 0 Å². The maximum atomic E-state index is 12.7. The highest BCUT2D eigenvalue weighted by atomic mass is 16.6. The van der Waals surface area contributed by atoms with Crippen molar-refractivity contribution < 1.29 is 23.9 Å². The fourth-order valence-electron chi connectivity index (χ4n) is 2.47. The Morgan fingerprint density at radius 2 is 1.89 bits per heavy atom. The van der Waals surface area contributed by atoms with Crippen molar-refractivity contribution in [3.8, 4) is 11.5 Å². The van der Waals surface area contributed by atoms with Gasteiger partial charge >= 0.3 is 0 Å². The number of nitrogens with zero attached hydrogens (tertiary/aromatic N) is 1. The number of carbonyl (C=O) groups is 1. The van der Waals surface area contributed by atoms with Gasteiger partial charge in [0.1, 0.15) is 12.2 Å². The number of carbonyl (C=O) groups excluding carboxylic acids is 1. The van der Waals surface area contributed by atoms with Gasteiger partial charge in [-0.1, -0.05) is 12.1 Å². The van der Waals surface area contributed by atoms with E-state index in [1.807, 2.05) is 19.9 Å². The number of aryl methyl sites for hydroxylation is 1. The van der Waals surface area contributed by atoms with Crippen LogP contribution in [0.3, 0.4) is 0 Å². The molecule has 2 aromatic carbocycles. The van der Waals surface area contributed by atoms with Crippen LogP contribution in [-0.2, 0) is 4.74 Å². The summed E-state index contributed by atoms with van der Waals surface area (Å²) in [5.74, 6) is -0.204. The molecule has 1 amide bonds. The van der Waals surface area contributed by atoms with Crippen molar-refractivity contribution in [3.05, 3.63) is 57.1 Å². The summed E-state index contributed by atoms with van der Waals surface area (Å²) in [5.41, 5.74) is 2.00. The van der Waals surface area contributed by atoms with Crippen LogP contribution >= 0.6 is 0 Å². The molecule has 0 saturated heterocycles. The second kappa shape index (κ2) is 9.00. The Morgan fingerprint density at radius 1 is 1.15 bits per heavy atom. The third-order valence-corrected chi connectivity index (χ3v) is 4.12. The highest BCUT2D eigenvalue weighted by molar-refractivity contribution is 6.08. The lowest BCUT2D eigenvalue weighted by Gasteiger charge is -2.14. The van der Waals surface area contributed by atoms with Crippen LogP contribution in [0.4, 0.5) is 11.4 Å². The third-order valence-electron chi connectivity index (χ3n) is 4.12. The number of hydrogen-bond donors (Lipinski definition) is 1. The lowest BCUT2D eigenvalue weighted by atomic mass is 10.1. The first kappa shape index (κ1) is 20.2. The van der Waals surface area contributed by atoms with Crippen molar-refractivity contribution >= 4 is 17.3 Å². The molecule has 8 nitrogen and oxygen atoms in total. The molecule has 0 aliphatic carbocycles. The molecular formula is C19H22N2O6. The lowest BCUT2D eigenvalue weighted by Crippen LogP contribution is -2.16. The Balaban J connectivity index is 2.40. The third kappa shape index (κ3) is 4.73. The Labute approximate surface area is 157 Å². The van der Waals surface area contributed by atoms with Gasteiger partial charge in [0, 0.05) is 18.9 Å². The van der Waals surface area contributed by atoms with Gasteiger partial charge in [-0.2, -0.15) is 0 Å². The Hall–Kier alpha value is -3.13. The summed E-state index contributed by atoms with van der Waals surface area (Å²) in [4.78, 5) is 23.6. The molecule has 0 bridgehead atoms. The summed E-state index contributed by atoms with van der Waals surface area (Å²) in [6.07, 6.45) is 0. The smallest absolute Gasteiger partial charge is 0.286 e. The molecule has 8 heteroatoms. The minimum absolute atomic E-state index is 0.114. The predicted molar refractivity (Wildman–Crippen MR) is 101 cm³/mol. The predicted octanol–water partition coefficient (Wildman–Crippen LogP) is 3.50. The average molecular weight is 374 g/mol. The van der Waals surface area contributed by atoms with Crippen LogP contribution in [0.2, 0.25) is 0 Å². The summed E-state index contributed by atoms with van der Waals surface area (Å²) in [7, 11) is 2.92. The number of nitrogens with one attached hydrogen (secondary N) is 1. The van der Waals surface area contributed by atoms with E-state index >= 15 is 0 Å². The Kier molecular flexibility index (Phi) is 6.73. The van der Waals surface area contributed by atoms with Crippen molar-refractivity contribution in [1.29, 1.82) is 0 Å². The van der Waals surface area contributed by atoms with Crippen LogP contribution in [0.25, 0.3) is 0 Å². The van der Waals surface area contributed by atoms with Gasteiger partial charge in [0.25, 0.3) is 11.6 Å². The quantitative estimate of drug-likeness (QED) is 0.431. The van der Waals surface area contributed by atoms with Gasteiger partial charge in [0.2, 0.25) is 0 Å². The van der Waals surface area contributed by atoms with Crippen LogP contribution in [-0.4, -0.2) is 38.3 Å². The molecule has 0 radical (unpaired) electrons. The SMILES string of the molecule is COCCOc1cc([N+](=O)[O-])c(C(=O)Nc2cccc(C)c2C)cc1OC. The molecule has 0 atom stereocenters. The van der Waals surface area contributed by atoms with Crippen LogP contribution in [0.5, 0.6) is 11.5 Å². The van der Waals surface area contributed by atoms with Crippen molar-refractivity contribution in [2.24, 2.45) is 0 Å². The van der Waals surface area contributed by atoms with Gasteiger partial charge < -0.3 is 19.5 Å². The van der Waals surface area contributed by atoms with Crippen LogP contribution in [0, 0.1) is 24.0 Å². The van der Waals surface area contributed by atoms with Gasteiger partial charge in [0.05, 0.1) is 24.7 Å². The molecular weight excluding hydrogens is 352 g/mol. The normalized spacial score (nSPS) is 10.4. The average Bonchev–Trinajstić information content (AvgIpc) is 2.65. The summed E-state index contributed by atoms with van der Waals surface area (Å²) >= 11 is 0. The number of ether oxygens (including phenoxy) is 3. The molecule has 0 heterocycles. The number of benzene rings is 2. The van der Waals surface area contributed by atoms with E-state index < -0.39 is 10.8 Å². The first-order valence-corrected chi connectivity index (χ1v) is 8.24. The number of nitro benzene ring substituents is 1. The number of hydrogen-bond acceptors (Lipinski definition) is 6. The molecule has 144 valence electrons. The van der Waals surface area contributed by atoms with Gasteiger partial charge in [-0.15, -0.1) is 0 Å². The fourth-order valence-corrected chi connectivity index (χ4v) is 2.47. The summed E-state index contributed by atoms with van der Waals surface area (Å²) < 4.78 is 15.6. The summed E-state index contributed by atoms with van der Waals surface area (Å²) in [5, 5.41) is 14.2. The largest absolute Gasteiger partial charge is 0.493 e. The van der Waals surface area contributed by atoms with E-state index in [1.165, 1.54) is 26.4 Å². The van der Waals surface area contributed by atoms with Crippen LogP contribution in [0.1, 0.15) is 21.5 Å². The van der Waals surface area contributed by atoms with Crippen molar-refractivity contribution in [2.45, 2.75) is 13.8 Å². The molecule has 0 fully saturated rings. The maximum Gasteiger partial charge on any atom is 0.286 e. The van der Waals surface area contributed by atoms with Gasteiger partial charge in [-0.25, -0.2) is 0 Å². The second-order valence-corrected chi connectivity index (χ2v) is 5.82. The van der Waals surface area contributed by atoms with E-state index in [9.17, 15) is 14.9 Å². The number of anilines is 1. The molecule has 2 rings (SSSR count). The Bertz CT molecular complexity index is 850. The van der Waals surface area contributed by atoms with E-state index in [4.69, 9.17) is 14.2 Å². The zero-order chi connectivity index (χ0) is 20.0. The topological polar surface area (TPSA) is 99.9 Å². The van der Waals surface area contributed by atoms with Gasteiger partial charge in [-0.05, 0) is 31.0 Å². The monoisotopic (exact) mass is 374 g/mol. The molecule has 0 aliphatic rings. The molecule has 27 heavy (non-hydrogen) atoms.